The number of H-pyrrole nitrogens is 1. The number of nitrogens with zero attached hydrogens (tertiary/aromatic N) is 2. The first-order valence-electron chi connectivity index (χ1n) is 9.02. The van der Waals surface area contributed by atoms with E-state index in [4.69, 9.17) is 21.1 Å². The van der Waals surface area contributed by atoms with Crippen LogP contribution in [-0.2, 0) is 4.74 Å². The van der Waals surface area contributed by atoms with Gasteiger partial charge in [-0.1, -0.05) is 22.8 Å². The molecule has 0 spiro atoms. The average molecular weight is 457 g/mol. The van der Waals surface area contributed by atoms with Gasteiger partial charge in [-0.05, 0) is 23.8 Å². The molecule has 1 saturated heterocycles. The van der Waals surface area contributed by atoms with E-state index in [2.05, 4.69) is 25.0 Å². The standard InChI is InChI=1S/C19H18ClFN4O4.ClH/c20-14-3-1-11(7-15(14)21)17-13(8-22-5-6-27-17)10-28-16-4-2-12(9-23-16)18-24-19(26)29-25-18;/h1-4,7,9,13,17,22H,5-6,8,10H2,(H,24,25,26);1H/t13-,17-;/m0./s1. The minimum absolute atomic E-state index is 0. The van der Waals surface area contributed by atoms with E-state index in [1.54, 1.807) is 18.2 Å². The second-order valence-corrected chi connectivity index (χ2v) is 6.98. The molecular weight excluding hydrogens is 438 g/mol. The van der Waals surface area contributed by atoms with Gasteiger partial charge in [0.05, 0.1) is 24.3 Å². The van der Waals surface area contributed by atoms with Gasteiger partial charge in [-0.25, -0.2) is 14.2 Å². The predicted octanol–water partition coefficient (Wildman–Crippen LogP) is 3.00. The Labute approximate surface area is 182 Å². The molecule has 3 heterocycles. The van der Waals surface area contributed by atoms with Gasteiger partial charge in [0.2, 0.25) is 5.88 Å². The van der Waals surface area contributed by atoms with Crippen molar-refractivity contribution in [3.63, 3.8) is 0 Å². The zero-order chi connectivity index (χ0) is 20.2. The van der Waals surface area contributed by atoms with E-state index in [-0.39, 0.29) is 29.5 Å². The molecule has 1 aliphatic rings. The topological polar surface area (TPSA) is 102 Å². The number of benzene rings is 1. The number of aromatic amines is 1. The molecule has 0 saturated carbocycles. The van der Waals surface area contributed by atoms with E-state index < -0.39 is 11.6 Å². The Morgan fingerprint density at radius 1 is 1.30 bits per heavy atom. The third-order valence-corrected chi connectivity index (χ3v) is 4.89. The Balaban J connectivity index is 0.00000256. The first-order valence-corrected chi connectivity index (χ1v) is 9.40. The highest BCUT2D eigenvalue weighted by molar-refractivity contribution is 6.30. The van der Waals surface area contributed by atoms with Crippen LogP contribution in [0.3, 0.4) is 0 Å². The zero-order valence-electron chi connectivity index (χ0n) is 15.6. The fourth-order valence-electron chi connectivity index (χ4n) is 3.15. The molecule has 2 N–H and O–H groups in total. The molecule has 4 rings (SSSR count). The van der Waals surface area contributed by atoms with E-state index in [0.29, 0.717) is 49.1 Å². The first-order chi connectivity index (χ1) is 14.1. The number of halogens is 3. The minimum Gasteiger partial charge on any atom is -0.477 e. The molecule has 1 aliphatic heterocycles. The molecule has 0 radical (unpaired) electrons. The maximum absolute atomic E-state index is 13.9. The molecular formula is C19H19Cl2FN4O4. The second-order valence-electron chi connectivity index (χ2n) is 6.57. The molecule has 2 atom stereocenters. The third-order valence-electron chi connectivity index (χ3n) is 4.58. The van der Waals surface area contributed by atoms with Gasteiger partial charge in [-0.2, -0.15) is 0 Å². The lowest BCUT2D eigenvalue weighted by molar-refractivity contribution is 0.0146. The van der Waals surface area contributed by atoms with Crippen LogP contribution in [0, 0.1) is 11.7 Å². The molecule has 1 aromatic carbocycles. The lowest BCUT2D eigenvalue weighted by Crippen LogP contribution is -2.29. The van der Waals surface area contributed by atoms with Crippen LogP contribution in [0.4, 0.5) is 4.39 Å². The fraction of sp³-hybridized carbons (Fsp3) is 0.316. The summed E-state index contributed by atoms with van der Waals surface area (Å²) in [5.74, 6) is -0.477. The van der Waals surface area contributed by atoms with E-state index in [9.17, 15) is 9.18 Å². The summed E-state index contributed by atoms with van der Waals surface area (Å²) in [5, 5.41) is 6.98. The fourth-order valence-corrected chi connectivity index (χ4v) is 3.26. The number of nitrogens with one attached hydrogen (secondary N) is 2. The van der Waals surface area contributed by atoms with Crippen LogP contribution in [0.2, 0.25) is 5.02 Å². The monoisotopic (exact) mass is 456 g/mol. The van der Waals surface area contributed by atoms with Gasteiger partial charge in [0, 0.05) is 36.8 Å². The summed E-state index contributed by atoms with van der Waals surface area (Å²) in [6.45, 7) is 2.17. The SMILES string of the molecule is Cl.O=c1[nH]c(-c2ccc(OC[C@@H]3CNCCO[C@H]3c3ccc(Cl)c(F)c3)nc2)no1. The largest absolute Gasteiger partial charge is 0.477 e. The average Bonchev–Trinajstić information content (AvgIpc) is 3.02. The lowest BCUT2D eigenvalue weighted by atomic mass is 9.96. The van der Waals surface area contributed by atoms with E-state index in [1.165, 1.54) is 18.3 Å². The number of rotatable bonds is 5. The van der Waals surface area contributed by atoms with Crippen molar-refractivity contribution in [3.05, 3.63) is 63.5 Å². The molecule has 160 valence electrons. The molecule has 0 unspecified atom stereocenters. The number of hydrogen-bond donors (Lipinski definition) is 2. The van der Waals surface area contributed by atoms with Gasteiger partial charge in [-0.15, -0.1) is 12.4 Å². The van der Waals surface area contributed by atoms with Crippen LogP contribution in [0.1, 0.15) is 11.7 Å². The Morgan fingerprint density at radius 3 is 2.87 bits per heavy atom. The van der Waals surface area contributed by atoms with Gasteiger partial charge in [0.25, 0.3) is 0 Å². The lowest BCUT2D eigenvalue weighted by Gasteiger charge is -2.25. The van der Waals surface area contributed by atoms with Crippen molar-refractivity contribution in [1.82, 2.24) is 20.4 Å². The smallest absolute Gasteiger partial charge is 0.439 e. The van der Waals surface area contributed by atoms with Crippen LogP contribution in [0.15, 0.2) is 45.8 Å². The molecule has 30 heavy (non-hydrogen) atoms. The number of aromatic nitrogens is 3. The van der Waals surface area contributed by atoms with Crippen molar-refractivity contribution in [2.45, 2.75) is 6.10 Å². The highest BCUT2D eigenvalue weighted by Crippen LogP contribution is 2.30. The molecule has 11 heteroatoms. The van der Waals surface area contributed by atoms with Gasteiger partial charge >= 0.3 is 5.76 Å². The third kappa shape index (κ3) is 5.17. The van der Waals surface area contributed by atoms with Gasteiger partial charge in [0.1, 0.15) is 5.82 Å². The summed E-state index contributed by atoms with van der Waals surface area (Å²) >= 11 is 5.80. The molecule has 0 bridgehead atoms. The second kappa shape index (κ2) is 10.0. The highest BCUT2D eigenvalue weighted by Gasteiger charge is 2.27. The predicted molar refractivity (Wildman–Crippen MR) is 110 cm³/mol. The number of hydrogen-bond acceptors (Lipinski definition) is 7. The van der Waals surface area contributed by atoms with Gasteiger partial charge < -0.3 is 14.8 Å². The van der Waals surface area contributed by atoms with Gasteiger partial charge in [0.15, 0.2) is 5.82 Å². The van der Waals surface area contributed by atoms with Crippen molar-refractivity contribution in [2.24, 2.45) is 5.92 Å². The summed E-state index contributed by atoms with van der Waals surface area (Å²) in [6.07, 6.45) is 1.19. The van der Waals surface area contributed by atoms with E-state index in [1.807, 2.05) is 0 Å². The van der Waals surface area contributed by atoms with Crippen LogP contribution >= 0.6 is 24.0 Å². The molecule has 3 aromatic rings. The highest BCUT2D eigenvalue weighted by atomic mass is 35.5. The summed E-state index contributed by atoms with van der Waals surface area (Å²) in [7, 11) is 0. The minimum atomic E-state index is -0.633. The first kappa shape index (κ1) is 22.2. The molecule has 0 aliphatic carbocycles. The van der Waals surface area contributed by atoms with Gasteiger partial charge in [-0.3, -0.25) is 9.51 Å². The van der Waals surface area contributed by atoms with E-state index >= 15 is 0 Å². The number of ether oxygens (including phenoxy) is 2. The van der Waals surface area contributed by atoms with Crippen LogP contribution in [0.25, 0.3) is 11.4 Å². The Hall–Kier alpha value is -2.46. The maximum Gasteiger partial charge on any atom is 0.439 e. The summed E-state index contributed by atoms with van der Waals surface area (Å²) in [5.41, 5.74) is 1.31. The summed E-state index contributed by atoms with van der Waals surface area (Å²) in [6, 6.07) is 8.08. The van der Waals surface area contributed by atoms with Crippen molar-refractivity contribution in [1.29, 1.82) is 0 Å². The van der Waals surface area contributed by atoms with Crippen molar-refractivity contribution in [3.8, 4) is 17.3 Å². The normalized spacial score (nSPS) is 19.0. The maximum atomic E-state index is 13.9. The summed E-state index contributed by atoms with van der Waals surface area (Å²) < 4.78 is 30.2. The summed E-state index contributed by atoms with van der Waals surface area (Å²) in [4.78, 5) is 17.7. The van der Waals surface area contributed by atoms with Crippen LogP contribution in [0.5, 0.6) is 5.88 Å². The Kier molecular flexibility index (Phi) is 7.43. The van der Waals surface area contributed by atoms with E-state index in [0.717, 1.165) is 0 Å². The number of pyridine rings is 1. The van der Waals surface area contributed by atoms with Crippen LogP contribution in [-0.4, -0.2) is 41.4 Å². The molecule has 2 aromatic heterocycles. The van der Waals surface area contributed by atoms with Crippen molar-refractivity contribution < 1.29 is 18.4 Å². The van der Waals surface area contributed by atoms with Crippen LogP contribution < -0.4 is 15.8 Å². The Morgan fingerprint density at radius 2 is 2.17 bits per heavy atom. The zero-order valence-corrected chi connectivity index (χ0v) is 17.2. The molecule has 0 amide bonds. The van der Waals surface area contributed by atoms with Crippen molar-refractivity contribution >= 4 is 24.0 Å². The Bertz CT molecular complexity index is 1030. The molecule has 1 fully saturated rings. The van der Waals surface area contributed by atoms with Crippen molar-refractivity contribution in [2.75, 3.05) is 26.3 Å². The quantitative estimate of drug-likeness (QED) is 0.608. The molecule has 8 nitrogen and oxygen atoms in total.